The number of nitrogens with zero attached hydrogens (tertiary/aromatic N) is 1. The van der Waals surface area contributed by atoms with Crippen molar-refractivity contribution in [1.29, 1.82) is 0 Å². The molecule has 0 spiro atoms. The summed E-state index contributed by atoms with van der Waals surface area (Å²) in [5.74, 6) is 3.35. The van der Waals surface area contributed by atoms with Gasteiger partial charge in [0.1, 0.15) is 0 Å². The van der Waals surface area contributed by atoms with Crippen molar-refractivity contribution in [3.8, 4) is 0 Å². The van der Waals surface area contributed by atoms with Gasteiger partial charge in [-0.2, -0.15) is 11.8 Å². The fraction of sp³-hybridized carbons (Fsp3) is 1.00. The Bertz CT molecular complexity index is 154. The highest BCUT2D eigenvalue weighted by Gasteiger charge is 2.21. The van der Waals surface area contributed by atoms with Crippen LogP contribution in [0.5, 0.6) is 0 Å². The Morgan fingerprint density at radius 2 is 2.07 bits per heavy atom. The molecule has 1 rings (SSSR count). The fourth-order valence-corrected chi connectivity index (χ4v) is 2.86. The second kappa shape index (κ2) is 7.53. The summed E-state index contributed by atoms with van der Waals surface area (Å²) in [6, 6.07) is 0.391. The van der Waals surface area contributed by atoms with E-state index < -0.39 is 0 Å². The van der Waals surface area contributed by atoms with E-state index >= 15 is 0 Å². The van der Waals surface area contributed by atoms with Gasteiger partial charge in [0, 0.05) is 6.04 Å². The van der Waals surface area contributed by atoms with Crippen molar-refractivity contribution in [3.63, 3.8) is 0 Å². The van der Waals surface area contributed by atoms with E-state index in [4.69, 9.17) is 5.73 Å². The molecule has 1 fully saturated rings. The molecular weight excluding hydrogens is 204 g/mol. The van der Waals surface area contributed by atoms with Crippen LogP contribution in [0.15, 0.2) is 0 Å². The van der Waals surface area contributed by atoms with E-state index in [1.165, 1.54) is 50.4 Å². The second-order valence-corrected chi connectivity index (χ2v) is 5.98. The lowest BCUT2D eigenvalue weighted by Crippen LogP contribution is -2.40. The first-order valence-electron chi connectivity index (χ1n) is 6.29. The molecule has 0 aromatic heterocycles. The predicted octanol–water partition coefficient (Wildman–Crippen LogP) is 2.19. The van der Waals surface area contributed by atoms with Gasteiger partial charge in [-0.1, -0.05) is 6.92 Å². The zero-order valence-electron chi connectivity index (χ0n) is 10.2. The third kappa shape index (κ3) is 5.23. The van der Waals surface area contributed by atoms with E-state index in [2.05, 4.69) is 30.5 Å². The average Bonchev–Trinajstić information content (AvgIpc) is 2.25. The van der Waals surface area contributed by atoms with Crippen LogP contribution in [-0.2, 0) is 0 Å². The summed E-state index contributed by atoms with van der Waals surface area (Å²) in [6.45, 7) is 8.21. The van der Waals surface area contributed by atoms with E-state index in [0.29, 0.717) is 6.04 Å². The van der Waals surface area contributed by atoms with Gasteiger partial charge in [-0.05, 0) is 63.2 Å². The molecule has 0 saturated carbocycles. The molecule has 0 aromatic carbocycles. The van der Waals surface area contributed by atoms with Crippen LogP contribution in [0.3, 0.4) is 0 Å². The number of nitrogens with two attached hydrogens (primary N) is 1. The largest absolute Gasteiger partial charge is 0.328 e. The summed E-state index contributed by atoms with van der Waals surface area (Å²) in [6.07, 6.45) is 3.96. The summed E-state index contributed by atoms with van der Waals surface area (Å²) in [7, 11) is 0. The Kier molecular flexibility index (Phi) is 6.69. The first-order valence-corrected chi connectivity index (χ1v) is 7.45. The number of hydrogen-bond acceptors (Lipinski definition) is 3. The summed E-state index contributed by atoms with van der Waals surface area (Å²) in [4.78, 5) is 2.61. The monoisotopic (exact) mass is 230 g/mol. The maximum absolute atomic E-state index is 5.93. The van der Waals surface area contributed by atoms with Crippen LogP contribution in [0.2, 0.25) is 0 Å². The number of hydrogen-bond donors (Lipinski definition) is 1. The first-order chi connectivity index (χ1) is 7.24. The first kappa shape index (κ1) is 13.3. The SMILES string of the molecule is CCSCCCN1CCC(C(C)N)CC1. The smallest absolute Gasteiger partial charge is 0.00397 e. The van der Waals surface area contributed by atoms with Crippen LogP contribution < -0.4 is 5.73 Å². The molecule has 0 aromatic rings. The van der Waals surface area contributed by atoms with E-state index in [-0.39, 0.29) is 0 Å². The van der Waals surface area contributed by atoms with E-state index in [1.54, 1.807) is 0 Å². The van der Waals surface area contributed by atoms with Gasteiger partial charge in [-0.25, -0.2) is 0 Å². The van der Waals surface area contributed by atoms with Crippen LogP contribution in [0.25, 0.3) is 0 Å². The molecule has 1 saturated heterocycles. The molecule has 1 aliphatic rings. The number of thioether (sulfide) groups is 1. The highest BCUT2D eigenvalue weighted by Crippen LogP contribution is 2.19. The maximum Gasteiger partial charge on any atom is 0.00397 e. The predicted molar refractivity (Wildman–Crippen MR) is 70.4 cm³/mol. The van der Waals surface area contributed by atoms with Crippen molar-refractivity contribution in [3.05, 3.63) is 0 Å². The van der Waals surface area contributed by atoms with E-state index in [9.17, 15) is 0 Å². The van der Waals surface area contributed by atoms with Crippen LogP contribution >= 0.6 is 11.8 Å². The molecule has 1 aliphatic heterocycles. The van der Waals surface area contributed by atoms with Crippen molar-refractivity contribution >= 4 is 11.8 Å². The topological polar surface area (TPSA) is 29.3 Å². The third-order valence-electron chi connectivity index (χ3n) is 3.34. The van der Waals surface area contributed by atoms with Gasteiger partial charge in [0.2, 0.25) is 0 Å². The Hall–Kier alpha value is 0.270. The van der Waals surface area contributed by atoms with Gasteiger partial charge in [0.25, 0.3) is 0 Å². The molecule has 0 radical (unpaired) electrons. The summed E-state index contributed by atoms with van der Waals surface area (Å²) in [5, 5.41) is 0. The number of piperidine rings is 1. The molecule has 0 bridgehead atoms. The molecule has 1 atom stereocenters. The van der Waals surface area contributed by atoms with Crippen LogP contribution in [-0.4, -0.2) is 42.1 Å². The zero-order chi connectivity index (χ0) is 11.1. The van der Waals surface area contributed by atoms with Crippen molar-refractivity contribution in [2.24, 2.45) is 11.7 Å². The molecule has 2 nitrogen and oxygen atoms in total. The molecular formula is C12H26N2S. The van der Waals surface area contributed by atoms with Gasteiger partial charge in [0.05, 0.1) is 0 Å². The van der Waals surface area contributed by atoms with Crippen molar-refractivity contribution in [2.75, 3.05) is 31.1 Å². The zero-order valence-corrected chi connectivity index (χ0v) is 11.1. The van der Waals surface area contributed by atoms with Gasteiger partial charge >= 0.3 is 0 Å². The third-order valence-corrected chi connectivity index (χ3v) is 4.33. The molecule has 90 valence electrons. The minimum Gasteiger partial charge on any atom is -0.328 e. The average molecular weight is 230 g/mol. The van der Waals surface area contributed by atoms with Gasteiger partial charge < -0.3 is 10.6 Å². The Morgan fingerprint density at radius 1 is 1.40 bits per heavy atom. The number of likely N-dealkylation sites (tertiary alicyclic amines) is 1. The highest BCUT2D eigenvalue weighted by atomic mass is 32.2. The minimum absolute atomic E-state index is 0.391. The quantitative estimate of drug-likeness (QED) is 0.709. The van der Waals surface area contributed by atoms with Gasteiger partial charge in [-0.15, -0.1) is 0 Å². The molecule has 0 amide bonds. The summed E-state index contributed by atoms with van der Waals surface area (Å²) >= 11 is 2.06. The normalized spacial score (nSPS) is 21.8. The summed E-state index contributed by atoms with van der Waals surface area (Å²) in [5.41, 5.74) is 5.93. The Morgan fingerprint density at radius 3 is 2.60 bits per heavy atom. The van der Waals surface area contributed by atoms with Crippen molar-refractivity contribution in [1.82, 2.24) is 4.90 Å². The standard InChI is InChI=1S/C12H26N2S/c1-3-15-10-4-7-14-8-5-12(6-9-14)11(2)13/h11-12H,3-10,13H2,1-2H3. The maximum atomic E-state index is 5.93. The highest BCUT2D eigenvalue weighted by molar-refractivity contribution is 7.99. The lowest BCUT2D eigenvalue weighted by molar-refractivity contribution is 0.173. The van der Waals surface area contributed by atoms with E-state index in [1.807, 2.05) is 0 Å². The minimum atomic E-state index is 0.391. The second-order valence-electron chi connectivity index (χ2n) is 4.59. The van der Waals surface area contributed by atoms with Crippen LogP contribution in [0.1, 0.15) is 33.1 Å². The molecule has 0 aliphatic carbocycles. The van der Waals surface area contributed by atoms with Gasteiger partial charge in [-0.3, -0.25) is 0 Å². The van der Waals surface area contributed by atoms with Crippen molar-refractivity contribution in [2.45, 2.75) is 39.2 Å². The Balaban J connectivity index is 2.04. The van der Waals surface area contributed by atoms with Gasteiger partial charge in [0.15, 0.2) is 0 Å². The molecule has 3 heteroatoms. The van der Waals surface area contributed by atoms with Crippen LogP contribution in [0.4, 0.5) is 0 Å². The van der Waals surface area contributed by atoms with E-state index in [0.717, 1.165) is 5.92 Å². The molecule has 1 unspecified atom stereocenters. The molecule has 2 N–H and O–H groups in total. The molecule has 1 heterocycles. The lowest BCUT2D eigenvalue weighted by Gasteiger charge is -2.33. The van der Waals surface area contributed by atoms with Crippen molar-refractivity contribution < 1.29 is 0 Å². The lowest BCUT2D eigenvalue weighted by atomic mass is 9.91. The Labute approximate surface area is 99.0 Å². The fourth-order valence-electron chi connectivity index (χ4n) is 2.24. The summed E-state index contributed by atoms with van der Waals surface area (Å²) < 4.78 is 0. The number of rotatable bonds is 6. The van der Waals surface area contributed by atoms with Crippen LogP contribution in [0, 0.1) is 5.92 Å². The molecule has 15 heavy (non-hydrogen) atoms.